The Bertz CT molecular complexity index is 1090. The van der Waals surface area contributed by atoms with Crippen molar-refractivity contribution in [3.8, 4) is 0 Å². The van der Waals surface area contributed by atoms with Gasteiger partial charge in [-0.3, -0.25) is 9.59 Å². The molecule has 0 radical (unpaired) electrons. The number of ketones is 2. The van der Waals surface area contributed by atoms with Crippen LogP contribution in [-0.4, -0.2) is 41.8 Å². The van der Waals surface area contributed by atoms with Crippen LogP contribution >= 0.6 is 0 Å². The molecule has 0 amide bonds. The highest BCUT2D eigenvalue weighted by molar-refractivity contribution is 6.58. The van der Waals surface area contributed by atoms with E-state index >= 15 is 0 Å². The minimum absolute atomic E-state index is 0.0685. The van der Waals surface area contributed by atoms with Crippen LogP contribution in [-0.2, 0) is 35.3 Å². The van der Waals surface area contributed by atoms with E-state index in [1.54, 1.807) is 30.3 Å². The van der Waals surface area contributed by atoms with Crippen molar-refractivity contribution in [2.75, 3.05) is 18.0 Å². The molecule has 0 spiro atoms. The molecule has 0 aromatic heterocycles. The summed E-state index contributed by atoms with van der Waals surface area (Å²) in [5.74, 6) is -0.335. The van der Waals surface area contributed by atoms with Gasteiger partial charge in [0.05, 0.1) is 5.57 Å². The number of benzene rings is 2. The lowest BCUT2D eigenvalue weighted by Crippen LogP contribution is -2.35. The van der Waals surface area contributed by atoms with Gasteiger partial charge in [-0.15, -0.1) is 0 Å². The summed E-state index contributed by atoms with van der Waals surface area (Å²) in [7, 11) is -1.58. The Morgan fingerprint density at radius 3 is 2.67 bits per heavy atom. The number of fused-ring (bicyclic) bond motifs is 2. The molecule has 5 nitrogen and oxygen atoms in total. The normalized spacial score (nSPS) is 17.2. The van der Waals surface area contributed by atoms with E-state index in [0.717, 1.165) is 49.9 Å². The highest BCUT2D eigenvalue weighted by atomic mass is 16.4. The number of hydrogen-bond acceptors (Lipinski definition) is 5. The van der Waals surface area contributed by atoms with E-state index in [1.807, 2.05) is 0 Å². The third kappa shape index (κ3) is 3.30. The Morgan fingerprint density at radius 2 is 1.87 bits per heavy atom. The monoisotopic (exact) mass is 401 g/mol. The van der Waals surface area contributed by atoms with E-state index in [0.29, 0.717) is 17.4 Å². The van der Waals surface area contributed by atoms with Crippen molar-refractivity contribution in [2.45, 2.75) is 38.5 Å². The van der Waals surface area contributed by atoms with Crippen LogP contribution in [0.2, 0.25) is 0 Å². The number of allylic oxidation sites excluding steroid dienone is 1. The molecule has 0 fully saturated rings. The fourth-order valence-corrected chi connectivity index (χ4v) is 5.16. The zero-order valence-electron chi connectivity index (χ0n) is 16.9. The van der Waals surface area contributed by atoms with E-state index in [9.17, 15) is 19.6 Å². The molecular weight excluding hydrogens is 377 g/mol. The van der Waals surface area contributed by atoms with Gasteiger partial charge < -0.3 is 14.9 Å². The highest BCUT2D eigenvalue weighted by Gasteiger charge is 2.31. The fourth-order valence-electron chi connectivity index (χ4n) is 5.16. The van der Waals surface area contributed by atoms with Gasteiger partial charge in [-0.2, -0.15) is 0 Å². The molecule has 0 saturated carbocycles. The van der Waals surface area contributed by atoms with Gasteiger partial charge in [-0.1, -0.05) is 24.3 Å². The first-order chi connectivity index (χ1) is 14.5. The van der Waals surface area contributed by atoms with Gasteiger partial charge in [0.15, 0.2) is 11.6 Å². The van der Waals surface area contributed by atoms with Crippen molar-refractivity contribution < 1.29 is 19.6 Å². The van der Waals surface area contributed by atoms with Gasteiger partial charge in [-0.05, 0) is 71.1 Å². The summed E-state index contributed by atoms with van der Waals surface area (Å²) in [5, 5.41) is 18.7. The van der Waals surface area contributed by atoms with Crippen LogP contribution < -0.4 is 10.4 Å². The quantitative estimate of drug-likeness (QED) is 0.598. The Hall–Kier alpha value is -2.70. The zero-order chi connectivity index (χ0) is 20.8. The molecule has 3 aliphatic rings. The highest BCUT2D eigenvalue weighted by Crippen LogP contribution is 2.41. The summed E-state index contributed by atoms with van der Waals surface area (Å²) >= 11 is 0. The molecule has 2 heterocycles. The summed E-state index contributed by atoms with van der Waals surface area (Å²) in [6, 6.07) is 8.83. The summed E-state index contributed by atoms with van der Waals surface area (Å²) in [5.41, 5.74) is 7.40. The second kappa shape index (κ2) is 7.53. The van der Waals surface area contributed by atoms with Crippen molar-refractivity contribution in [3.05, 3.63) is 63.7 Å². The van der Waals surface area contributed by atoms with Gasteiger partial charge in [0, 0.05) is 31.6 Å². The third-order valence-corrected chi connectivity index (χ3v) is 6.53. The molecule has 30 heavy (non-hydrogen) atoms. The summed E-state index contributed by atoms with van der Waals surface area (Å²) < 4.78 is 0. The van der Waals surface area contributed by atoms with Crippen LogP contribution in [0.4, 0.5) is 5.69 Å². The van der Waals surface area contributed by atoms with Crippen LogP contribution in [0, 0.1) is 0 Å². The van der Waals surface area contributed by atoms with Gasteiger partial charge in [0.1, 0.15) is 0 Å². The van der Waals surface area contributed by atoms with Gasteiger partial charge >= 0.3 is 7.12 Å². The number of rotatable bonds is 4. The Labute approximate surface area is 176 Å². The van der Waals surface area contributed by atoms with Crippen molar-refractivity contribution in [1.82, 2.24) is 0 Å². The van der Waals surface area contributed by atoms with Gasteiger partial charge in [0.25, 0.3) is 0 Å². The third-order valence-electron chi connectivity index (χ3n) is 6.53. The van der Waals surface area contributed by atoms with Gasteiger partial charge in [0.2, 0.25) is 0 Å². The molecule has 0 atom stereocenters. The second-order valence-corrected chi connectivity index (χ2v) is 8.50. The average Bonchev–Trinajstić information content (AvgIpc) is 2.74. The first-order valence-electron chi connectivity index (χ1n) is 10.7. The zero-order valence-corrected chi connectivity index (χ0v) is 16.9. The molecule has 2 aromatic carbocycles. The number of hydrogen-bond donors (Lipinski definition) is 2. The molecule has 152 valence electrons. The molecule has 5 rings (SSSR count). The van der Waals surface area contributed by atoms with Crippen molar-refractivity contribution >= 4 is 35.9 Å². The van der Waals surface area contributed by atoms with Crippen molar-refractivity contribution in [2.24, 2.45) is 0 Å². The average molecular weight is 401 g/mol. The number of Topliss-reactive ketones (excluding diaryl/α,β-unsaturated/α-hetero) is 2. The summed E-state index contributed by atoms with van der Waals surface area (Å²) in [4.78, 5) is 28.3. The number of nitrogens with zero attached hydrogens (tertiary/aromatic N) is 1. The van der Waals surface area contributed by atoms with Crippen LogP contribution in [0.1, 0.15) is 40.7 Å². The smallest absolute Gasteiger partial charge is 0.423 e. The summed E-state index contributed by atoms with van der Waals surface area (Å²) in [6.07, 6.45) is 6.46. The van der Waals surface area contributed by atoms with E-state index in [4.69, 9.17) is 0 Å². The van der Waals surface area contributed by atoms with Crippen LogP contribution in [0.15, 0.2) is 35.9 Å². The van der Waals surface area contributed by atoms with E-state index in [-0.39, 0.29) is 23.6 Å². The maximum atomic E-state index is 13.0. The van der Waals surface area contributed by atoms with Crippen molar-refractivity contribution in [1.29, 1.82) is 0 Å². The Balaban J connectivity index is 1.49. The lowest BCUT2D eigenvalue weighted by Gasteiger charge is -2.39. The molecule has 0 saturated heterocycles. The molecule has 0 bridgehead atoms. The van der Waals surface area contributed by atoms with Gasteiger partial charge in [-0.25, -0.2) is 0 Å². The summed E-state index contributed by atoms with van der Waals surface area (Å²) in [6.45, 7) is 2.18. The minimum Gasteiger partial charge on any atom is -0.423 e. The van der Waals surface area contributed by atoms with Crippen LogP contribution in [0.5, 0.6) is 0 Å². The Morgan fingerprint density at radius 1 is 1.07 bits per heavy atom. The fraction of sp³-hybridized carbons (Fsp3) is 0.333. The maximum absolute atomic E-state index is 13.0. The molecule has 1 aliphatic carbocycles. The predicted molar refractivity (Wildman–Crippen MR) is 117 cm³/mol. The lowest BCUT2D eigenvalue weighted by molar-refractivity contribution is -0.120. The number of carbonyl (C=O) groups excluding carboxylic acids is 2. The number of aryl methyl sites for hydroxylation is 1. The second-order valence-electron chi connectivity index (χ2n) is 8.50. The van der Waals surface area contributed by atoms with Crippen molar-refractivity contribution in [3.63, 3.8) is 0 Å². The molecule has 2 N–H and O–H groups in total. The molecular formula is C24H24BNO4. The first kappa shape index (κ1) is 19.3. The maximum Gasteiger partial charge on any atom is 0.488 e. The van der Waals surface area contributed by atoms with E-state index in [1.165, 1.54) is 16.8 Å². The Kier molecular flexibility index (Phi) is 4.84. The standard InChI is InChI=1S/C24H24BNO4/c27-22(11-15-4-1-6-18(10-15)25(29)30)21-13-17-12-16-5-2-8-26-9-3-7-19(24(16)26)20(17)14-23(21)28/h1,4,6,10,12-13,29-30H,2-3,5,7-9,11,14H2. The molecule has 0 unspecified atom stereocenters. The SMILES string of the molecule is O=C(Cc1cccc(B(O)O)c1)C1=Cc2cc3c4c(c2CC1=O)CCCN4CCC3. The molecule has 2 aromatic rings. The lowest BCUT2D eigenvalue weighted by atomic mass is 9.78. The number of anilines is 1. The topological polar surface area (TPSA) is 77.8 Å². The van der Waals surface area contributed by atoms with Crippen LogP contribution in [0.25, 0.3) is 6.08 Å². The van der Waals surface area contributed by atoms with E-state index < -0.39 is 7.12 Å². The largest absolute Gasteiger partial charge is 0.488 e. The minimum atomic E-state index is -1.58. The number of carbonyl (C=O) groups is 2. The molecule has 6 heteroatoms. The predicted octanol–water partition coefficient (Wildman–Crippen LogP) is 1.39. The van der Waals surface area contributed by atoms with E-state index in [2.05, 4.69) is 11.0 Å². The van der Waals surface area contributed by atoms with Crippen LogP contribution in [0.3, 0.4) is 0 Å². The first-order valence-corrected chi connectivity index (χ1v) is 10.7. The molecule has 2 aliphatic heterocycles.